The highest BCUT2D eigenvalue weighted by Gasteiger charge is 2.38. The van der Waals surface area contributed by atoms with Gasteiger partial charge in [0, 0.05) is 18.0 Å². The molecule has 6 nitrogen and oxygen atoms in total. The molecule has 1 N–H and O–H groups in total. The van der Waals surface area contributed by atoms with Gasteiger partial charge in [-0.25, -0.2) is 0 Å². The Morgan fingerprint density at radius 1 is 1.25 bits per heavy atom. The molecule has 0 aliphatic carbocycles. The Morgan fingerprint density at radius 3 is 2.75 bits per heavy atom. The van der Waals surface area contributed by atoms with Crippen molar-refractivity contribution in [3.05, 3.63) is 64.7 Å². The van der Waals surface area contributed by atoms with Gasteiger partial charge in [-0.15, -0.1) is 0 Å². The minimum Gasteiger partial charge on any atom is -0.504 e. The summed E-state index contributed by atoms with van der Waals surface area (Å²) in [4.78, 5) is 16.8. The lowest BCUT2D eigenvalue weighted by atomic mass is 9.86. The van der Waals surface area contributed by atoms with Crippen molar-refractivity contribution in [3.63, 3.8) is 0 Å². The van der Waals surface area contributed by atoms with Crippen molar-refractivity contribution in [3.8, 4) is 17.6 Å². The van der Waals surface area contributed by atoms with Crippen molar-refractivity contribution in [2.45, 2.75) is 12.3 Å². The molecule has 0 unspecified atom stereocenters. The number of phenols is 1. The molecule has 4 rings (SSSR count). The fourth-order valence-corrected chi connectivity index (χ4v) is 4.73. The highest BCUT2D eigenvalue weighted by Crippen LogP contribution is 2.44. The standard InChI is InChI=1S/C21H19N3O3S/c1-27-19-9-14(7-8-18(19)25)16-10-20(26)24-12-23(15-5-3-2-4-6-15)13-28-21(24)17(16)11-22/h2-9,16,25H,10,12-13H2,1H3/t16-/m0/s1. The first-order chi connectivity index (χ1) is 13.6. The lowest BCUT2D eigenvalue weighted by Gasteiger charge is -2.42. The van der Waals surface area contributed by atoms with Crippen LogP contribution in [0.15, 0.2) is 59.1 Å². The van der Waals surface area contributed by atoms with Crippen molar-refractivity contribution >= 4 is 23.4 Å². The van der Waals surface area contributed by atoms with Crippen LogP contribution in [0.4, 0.5) is 5.69 Å². The van der Waals surface area contributed by atoms with Crippen LogP contribution in [0.5, 0.6) is 11.5 Å². The number of ether oxygens (including phenoxy) is 1. The van der Waals surface area contributed by atoms with Crippen LogP contribution in [0.2, 0.25) is 0 Å². The summed E-state index contributed by atoms with van der Waals surface area (Å²) < 4.78 is 5.19. The molecule has 2 aromatic rings. The molecule has 0 radical (unpaired) electrons. The number of carbonyl (C=O) groups is 1. The third kappa shape index (κ3) is 3.16. The number of anilines is 1. The molecule has 0 bridgehead atoms. The number of nitrogens with zero attached hydrogens (tertiary/aromatic N) is 3. The van der Waals surface area contributed by atoms with Gasteiger partial charge in [-0.3, -0.25) is 9.69 Å². The molecule has 0 spiro atoms. The number of fused-ring (bicyclic) bond motifs is 1. The van der Waals surface area contributed by atoms with Crippen LogP contribution >= 0.6 is 11.8 Å². The molecule has 2 aromatic carbocycles. The Morgan fingerprint density at radius 2 is 2.04 bits per heavy atom. The lowest BCUT2D eigenvalue weighted by molar-refractivity contribution is -0.129. The number of rotatable bonds is 3. The van der Waals surface area contributed by atoms with Crippen LogP contribution in [0.3, 0.4) is 0 Å². The van der Waals surface area contributed by atoms with Gasteiger partial charge in [0.25, 0.3) is 0 Å². The van der Waals surface area contributed by atoms with E-state index >= 15 is 0 Å². The smallest absolute Gasteiger partial charge is 0.229 e. The minimum absolute atomic E-state index is 0.0147. The number of thioether (sulfide) groups is 1. The summed E-state index contributed by atoms with van der Waals surface area (Å²) in [5.41, 5.74) is 2.42. The fraction of sp³-hybridized carbons (Fsp3) is 0.238. The van der Waals surface area contributed by atoms with E-state index in [1.165, 1.54) is 24.9 Å². The number of allylic oxidation sites excluding steroid dienone is 1. The van der Waals surface area contributed by atoms with Crippen LogP contribution in [0.25, 0.3) is 0 Å². The molecular weight excluding hydrogens is 374 g/mol. The summed E-state index contributed by atoms with van der Waals surface area (Å²) in [6.45, 7) is 0.433. The maximum atomic E-state index is 12.9. The summed E-state index contributed by atoms with van der Waals surface area (Å²) in [5, 5.41) is 20.4. The van der Waals surface area contributed by atoms with E-state index < -0.39 is 0 Å². The van der Waals surface area contributed by atoms with Gasteiger partial charge in [0.2, 0.25) is 5.91 Å². The summed E-state index contributed by atoms with van der Waals surface area (Å²) in [7, 11) is 1.48. The number of nitriles is 1. The van der Waals surface area contributed by atoms with Gasteiger partial charge in [0.05, 0.1) is 36.3 Å². The second-order valence-corrected chi connectivity index (χ2v) is 7.56. The SMILES string of the molecule is COc1cc([C@@H]2CC(=O)N3CN(c4ccccc4)CSC3=C2C#N)ccc1O. The van der Waals surface area contributed by atoms with E-state index in [0.717, 1.165) is 16.3 Å². The lowest BCUT2D eigenvalue weighted by Crippen LogP contribution is -2.47. The molecule has 28 heavy (non-hydrogen) atoms. The zero-order valence-corrected chi connectivity index (χ0v) is 16.1. The Labute approximate surface area is 167 Å². The molecule has 7 heteroatoms. The molecule has 1 amide bonds. The maximum Gasteiger partial charge on any atom is 0.229 e. The Balaban J connectivity index is 1.68. The van der Waals surface area contributed by atoms with Crippen LogP contribution in [0, 0.1) is 11.3 Å². The van der Waals surface area contributed by atoms with Crippen LogP contribution in [-0.4, -0.2) is 35.6 Å². The van der Waals surface area contributed by atoms with E-state index in [1.54, 1.807) is 17.0 Å². The molecule has 1 atom stereocenters. The van der Waals surface area contributed by atoms with E-state index in [-0.39, 0.29) is 24.0 Å². The minimum atomic E-state index is -0.339. The molecule has 2 aliphatic rings. The van der Waals surface area contributed by atoms with E-state index in [9.17, 15) is 15.2 Å². The number of carbonyl (C=O) groups excluding carboxylic acids is 1. The summed E-state index contributed by atoms with van der Waals surface area (Å²) >= 11 is 1.51. The summed E-state index contributed by atoms with van der Waals surface area (Å²) in [6.07, 6.45) is 0.212. The third-order valence-corrected chi connectivity index (χ3v) is 6.18. The van der Waals surface area contributed by atoms with Gasteiger partial charge in [-0.1, -0.05) is 36.0 Å². The van der Waals surface area contributed by atoms with Gasteiger partial charge in [-0.2, -0.15) is 5.26 Å². The number of benzene rings is 2. The normalized spacial score (nSPS) is 19.3. The second-order valence-electron chi connectivity index (χ2n) is 6.63. The monoisotopic (exact) mass is 393 g/mol. The van der Waals surface area contributed by atoms with Crippen LogP contribution in [-0.2, 0) is 4.79 Å². The predicted octanol–water partition coefficient (Wildman–Crippen LogP) is 3.62. The quantitative estimate of drug-likeness (QED) is 0.858. The number of phenolic OH excluding ortho intramolecular Hbond substituents is 1. The molecule has 2 aliphatic heterocycles. The first-order valence-corrected chi connectivity index (χ1v) is 9.85. The Kier molecular flexibility index (Phi) is 4.88. The van der Waals surface area contributed by atoms with Gasteiger partial charge in [-0.05, 0) is 29.8 Å². The van der Waals surface area contributed by atoms with Crippen molar-refractivity contribution < 1.29 is 14.6 Å². The number of methoxy groups -OCH3 is 1. The summed E-state index contributed by atoms with van der Waals surface area (Å²) in [5.74, 6) is 0.682. The van der Waals surface area contributed by atoms with Gasteiger partial charge < -0.3 is 14.7 Å². The first kappa shape index (κ1) is 18.3. The van der Waals surface area contributed by atoms with Crippen molar-refractivity contribution in [2.24, 2.45) is 0 Å². The van der Waals surface area contributed by atoms with Gasteiger partial charge in [0.15, 0.2) is 11.5 Å². The third-order valence-electron chi connectivity index (χ3n) is 5.02. The Bertz CT molecular complexity index is 984. The average molecular weight is 393 g/mol. The highest BCUT2D eigenvalue weighted by molar-refractivity contribution is 8.03. The van der Waals surface area contributed by atoms with E-state index in [4.69, 9.17) is 4.74 Å². The fourth-order valence-electron chi connectivity index (χ4n) is 3.56. The van der Waals surface area contributed by atoms with E-state index in [2.05, 4.69) is 11.0 Å². The number of hydrogen-bond donors (Lipinski definition) is 1. The van der Waals surface area contributed by atoms with Crippen molar-refractivity contribution in [2.75, 3.05) is 24.6 Å². The van der Waals surface area contributed by atoms with Crippen molar-refractivity contribution in [1.82, 2.24) is 4.90 Å². The summed E-state index contributed by atoms with van der Waals surface area (Å²) in [6, 6.07) is 17.2. The van der Waals surface area contributed by atoms with Crippen LogP contribution < -0.4 is 9.64 Å². The largest absolute Gasteiger partial charge is 0.504 e. The Hall–Kier alpha value is -3.11. The number of aromatic hydroxyl groups is 1. The zero-order chi connectivity index (χ0) is 19.7. The highest BCUT2D eigenvalue weighted by atomic mass is 32.2. The van der Waals surface area contributed by atoms with Crippen LogP contribution in [0.1, 0.15) is 17.9 Å². The van der Waals surface area contributed by atoms with Crippen molar-refractivity contribution in [1.29, 1.82) is 5.26 Å². The maximum absolute atomic E-state index is 12.9. The molecule has 1 saturated heterocycles. The predicted molar refractivity (Wildman–Crippen MR) is 108 cm³/mol. The molecular formula is C21H19N3O3S. The zero-order valence-electron chi connectivity index (χ0n) is 15.3. The number of hydrogen-bond acceptors (Lipinski definition) is 6. The molecule has 142 valence electrons. The molecule has 2 heterocycles. The first-order valence-electron chi connectivity index (χ1n) is 8.86. The topological polar surface area (TPSA) is 76.8 Å². The second kappa shape index (κ2) is 7.49. The molecule has 0 saturated carbocycles. The average Bonchev–Trinajstić information content (AvgIpc) is 2.74. The number of amides is 1. The van der Waals surface area contributed by atoms with E-state index in [0.29, 0.717) is 23.9 Å². The number of para-hydroxylation sites is 1. The van der Waals surface area contributed by atoms with Gasteiger partial charge in [0.1, 0.15) is 0 Å². The molecule has 1 fully saturated rings. The van der Waals surface area contributed by atoms with E-state index in [1.807, 2.05) is 30.3 Å². The molecule has 0 aromatic heterocycles. The van der Waals surface area contributed by atoms with Gasteiger partial charge >= 0.3 is 0 Å².